The van der Waals surface area contributed by atoms with Gasteiger partial charge in [0.15, 0.2) is 5.15 Å². The number of nitrogens with zero attached hydrogens (tertiary/aromatic N) is 1. The second-order valence-electron chi connectivity index (χ2n) is 4.07. The van der Waals surface area contributed by atoms with Crippen molar-refractivity contribution in [3.63, 3.8) is 0 Å². The quantitative estimate of drug-likeness (QED) is 0.805. The van der Waals surface area contributed by atoms with Crippen LogP contribution in [0.2, 0.25) is 5.15 Å². The highest BCUT2D eigenvalue weighted by Crippen LogP contribution is 2.40. The van der Waals surface area contributed by atoms with Crippen molar-refractivity contribution in [2.45, 2.75) is 13.3 Å². The molecule has 0 bridgehead atoms. The third kappa shape index (κ3) is 2.39. The minimum atomic E-state index is -0.931. The first-order valence-corrected chi connectivity index (χ1v) is 5.53. The number of anilines is 1. The maximum atomic E-state index is 11.7. The molecule has 1 fully saturated rings. The lowest BCUT2D eigenvalue weighted by Gasteiger charge is -2.08. The van der Waals surface area contributed by atoms with Gasteiger partial charge in [-0.15, -0.1) is 0 Å². The summed E-state index contributed by atoms with van der Waals surface area (Å²) in [6.07, 6.45) is 1.93. The fourth-order valence-electron chi connectivity index (χ4n) is 1.65. The predicted molar refractivity (Wildman–Crippen MR) is 61.8 cm³/mol. The molecule has 6 heteroatoms. The van der Waals surface area contributed by atoms with Crippen molar-refractivity contribution in [2.24, 2.45) is 11.8 Å². The average molecular weight is 255 g/mol. The summed E-state index contributed by atoms with van der Waals surface area (Å²) in [6, 6.07) is 1.73. The Morgan fingerprint density at radius 3 is 2.76 bits per heavy atom. The molecule has 90 valence electrons. The van der Waals surface area contributed by atoms with E-state index in [1.807, 2.05) is 0 Å². The van der Waals surface area contributed by atoms with E-state index in [0.717, 1.165) is 5.56 Å². The number of hydrogen-bond donors (Lipinski definition) is 2. The number of halogens is 1. The molecular formula is C11H11ClN2O3. The molecule has 1 aromatic heterocycles. The van der Waals surface area contributed by atoms with Gasteiger partial charge in [0.25, 0.3) is 0 Å². The van der Waals surface area contributed by atoms with Crippen LogP contribution in [0.3, 0.4) is 0 Å². The molecule has 5 nitrogen and oxygen atoms in total. The molecule has 2 rings (SSSR count). The van der Waals surface area contributed by atoms with Crippen molar-refractivity contribution in [3.8, 4) is 0 Å². The summed E-state index contributed by atoms with van der Waals surface area (Å²) in [5, 5.41) is 11.6. The van der Waals surface area contributed by atoms with E-state index in [2.05, 4.69) is 10.3 Å². The Labute approximate surface area is 103 Å². The van der Waals surface area contributed by atoms with Gasteiger partial charge in [0.2, 0.25) is 5.91 Å². The number of carboxylic acids is 1. The molecule has 1 aliphatic carbocycles. The van der Waals surface area contributed by atoms with Crippen LogP contribution in [0.5, 0.6) is 0 Å². The van der Waals surface area contributed by atoms with Crippen LogP contribution in [0, 0.1) is 18.8 Å². The Hall–Kier alpha value is -1.62. The number of amides is 1. The van der Waals surface area contributed by atoms with Gasteiger partial charge in [-0.25, -0.2) is 4.98 Å². The van der Waals surface area contributed by atoms with Gasteiger partial charge in [0.05, 0.1) is 17.5 Å². The van der Waals surface area contributed by atoms with Gasteiger partial charge in [-0.05, 0) is 25.0 Å². The molecule has 1 aromatic rings. The fraction of sp³-hybridized carbons (Fsp3) is 0.364. The summed E-state index contributed by atoms with van der Waals surface area (Å²) in [4.78, 5) is 26.2. The number of carboxylic acid groups (broad SMARTS) is 1. The van der Waals surface area contributed by atoms with E-state index >= 15 is 0 Å². The summed E-state index contributed by atoms with van der Waals surface area (Å²) < 4.78 is 0. The van der Waals surface area contributed by atoms with E-state index in [1.54, 1.807) is 19.2 Å². The number of rotatable bonds is 3. The highest BCUT2D eigenvalue weighted by atomic mass is 35.5. The minimum Gasteiger partial charge on any atom is -0.481 e. The van der Waals surface area contributed by atoms with Crippen molar-refractivity contribution >= 4 is 29.2 Å². The van der Waals surface area contributed by atoms with Gasteiger partial charge in [0.1, 0.15) is 0 Å². The zero-order valence-corrected chi connectivity index (χ0v) is 9.86. The summed E-state index contributed by atoms with van der Waals surface area (Å²) in [5.41, 5.74) is 1.25. The summed E-state index contributed by atoms with van der Waals surface area (Å²) >= 11 is 5.86. The van der Waals surface area contributed by atoms with Crippen LogP contribution in [-0.2, 0) is 9.59 Å². The standard InChI is InChI=1S/C11H11ClN2O3/c1-5-2-3-13-9(12)8(5)14-10(15)6-4-7(6)11(16)17/h2-3,6-7H,4H2,1H3,(H,14,15)(H,16,17). The van der Waals surface area contributed by atoms with E-state index in [4.69, 9.17) is 16.7 Å². The number of aromatic nitrogens is 1. The number of hydrogen-bond acceptors (Lipinski definition) is 3. The summed E-state index contributed by atoms with van der Waals surface area (Å²) in [6.45, 7) is 1.80. The molecule has 0 aromatic carbocycles. The monoisotopic (exact) mass is 254 g/mol. The molecule has 0 saturated heterocycles. The van der Waals surface area contributed by atoms with E-state index in [-0.39, 0.29) is 11.1 Å². The Balaban J connectivity index is 2.07. The second-order valence-corrected chi connectivity index (χ2v) is 4.43. The Kier molecular flexibility index (Phi) is 3.02. The first kappa shape index (κ1) is 11.9. The number of nitrogens with one attached hydrogen (secondary N) is 1. The molecule has 1 aliphatic rings. The summed E-state index contributed by atoms with van der Waals surface area (Å²) in [7, 11) is 0. The normalized spacial score (nSPS) is 22.0. The number of carbonyl (C=O) groups is 2. The van der Waals surface area contributed by atoms with Gasteiger partial charge in [-0.1, -0.05) is 11.6 Å². The predicted octanol–water partition coefficient (Wildman–Crippen LogP) is 1.70. The molecule has 1 heterocycles. The van der Waals surface area contributed by atoms with E-state index in [1.165, 1.54) is 0 Å². The third-order valence-corrected chi connectivity index (χ3v) is 3.09. The Morgan fingerprint density at radius 2 is 2.24 bits per heavy atom. The maximum Gasteiger partial charge on any atom is 0.307 e. The maximum absolute atomic E-state index is 11.7. The van der Waals surface area contributed by atoms with Gasteiger partial charge in [-0.3, -0.25) is 9.59 Å². The van der Waals surface area contributed by atoms with Crippen molar-refractivity contribution in [1.29, 1.82) is 0 Å². The molecular weight excluding hydrogens is 244 g/mol. The van der Waals surface area contributed by atoms with Crippen LogP contribution >= 0.6 is 11.6 Å². The van der Waals surface area contributed by atoms with Crippen molar-refractivity contribution in [1.82, 2.24) is 4.98 Å². The van der Waals surface area contributed by atoms with Crippen LogP contribution in [0.15, 0.2) is 12.3 Å². The van der Waals surface area contributed by atoms with Crippen molar-refractivity contribution < 1.29 is 14.7 Å². The van der Waals surface area contributed by atoms with Crippen molar-refractivity contribution in [3.05, 3.63) is 23.0 Å². The smallest absolute Gasteiger partial charge is 0.307 e. The van der Waals surface area contributed by atoms with Gasteiger partial charge < -0.3 is 10.4 Å². The van der Waals surface area contributed by atoms with Crippen molar-refractivity contribution in [2.75, 3.05) is 5.32 Å². The highest BCUT2D eigenvalue weighted by molar-refractivity contribution is 6.32. The highest BCUT2D eigenvalue weighted by Gasteiger charge is 2.48. The van der Waals surface area contributed by atoms with E-state index in [9.17, 15) is 9.59 Å². The molecule has 1 amide bonds. The third-order valence-electron chi connectivity index (χ3n) is 2.81. The first-order valence-electron chi connectivity index (χ1n) is 5.15. The second kappa shape index (κ2) is 4.33. The first-order chi connectivity index (χ1) is 8.00. The molecule has 2 unspecified atom stereocenters. The molecule has 1 saturated carbocycles. The topological polar surface area (TPSA) is 79.3 Å². The number of aliphatic carboxylic acids is 1. The van der Waals surface area contributed by atoms with Crippen LogP contribution in [0.25, 0.3) is 0 Å². The molecule has 2 atom stereocenters. The SMILES string of the molecule is Cc1ccnc(Cl)c1NC(=O)C1CC1C(=O)O. The van der Waals surface area contributed by atoms with Crippen LogP contribution < -0.4 is 5.32 Å². The van der Waals surface area contributed by atoms with Gasteiger partial charge >= 0.3 is 5.97 Å². The molecule has 17 heavy (non-hydrogen) atoms. The number of aryl methyl sites for hydroxylation is 1. The molecule has 0 spiro atoms. The summed E-state index contributed by atoms with van der Waals surface area (Å²) in [5.74, 6) is -2.26. The van der Waals surface area contributed by atoms with Crippen LogP contribution in [0.1, 0.15) is 12.0 Å². The zero-order chi connectivity index (χ0) is 12.6. The number of carbonyl (C=O) groups excluding carboxylic acids is 1. The van der Waals surface area contributed by atoms with Crippen LogP contribution in [0.4, 0.5) is 5.69 Å². The van der Waals surface area contributed by atoms with E-state index < -0.39 is 17.8 Å². The fourth-order valence-corrected chi connectivity index (χ4v) is 1.90. The van der Waals surface area contributed by atoms with E-state index in [0.29, 0.717) is 12.1 Å². The zero-order valence-electron chi connectivity index (χ0n) is 9.11. The van der Waals surface area contributed by atoms with Gasteiger partial charge in [0, 0.05) is 6.20 Å². The van der Waals surface area contributed by atoms with Crippen LogP contribution in [-0.4, -0.2) is 22.0 Å². The largest absolute Gasteiger partial charge is 0.481 e. The molecule has 0 radical (unpaired) electrons. The average Bonchev–Trinajstić information content (AvgIpc) is 3.03. The minimum absolute atomic E-state index is 0.214. The Morgan fingerprint density at radius 1 is 1.53 bits per heavy atom. The molecule has 0 aliphatic heterocycles. The Bertz CT molecular complexity index is 469. The lowest BCUT2D eigenvalue weighted by molar-refractivity contribution is -0.139. The molecule has 2 N–H and O–H groups in total. The lowest BCUT2D eigenvalue weighted by Crippen LogP contribution is -2.17. The number of pyridine rings is 1. The lowest BCUT2D eigenvalue weighted by atomic mass is 10.2. The van der Waals surface area contributed by atoms with Gasteiger partial charge in [-0.2, -0.15) is 0 Å².